The van der Waals surface area contributed by atoms with Gasteiger partial charge in [-0.3, -0.25) is 9.59 Å². The van der Waals surface area contributed by atoms with Crippen molar-refractivity contribution in [3.63, 3.8) is 0 Å². The molecule has 0 radical (unpaired) electrons. The molecule has 0 aliphatic carbocycles. The van der Waals surface area contributed by atoms with Crippen LogP contribution in [0.25, 0.3) is 0 Å². The molecule has 1 N–H and O–H groups in total. The maximum Gasteiger partial charge on any atom is 0.220 e. The summed E-state index contributed by atoms with van der Waals surface area (Å²) in [5, 5.41) is 3.09. The van der Waals surface area contributed by atoms with Crippen molar-refractivity contribution >= 4 is 35.2 Å². The zero-order chi connectivity index (χ0) is 17.6. The summed E-state index contributed by atoms with van der Waals surface area (Å²) in [6.45, 7) is 0. The van der Waals surface area contributed by atoms with Crippen LogP contribution in [0.1, 0.15) is 41.2 Å². The Bertz CT molecular complexity index is 759. The monoisotopic (exact) mass is 371 g/mol. The highest BCUT2D eigenvalue weighted by molar-refractivity contribution is 7.99. The standard InChI is InChI=1S/C20H21NO2S2/c1-24-15-8-6-14(7-9-15)18(22)10-11-20(23)21-17-12-13-25-19-5-3-2-4-16(17)19/h2-9,17H,10-13H2,1H3,(H,21,23)/t17-/m0/s1. The lowest BCUT2D eigenvalue weighted by Gasteiger charge is -2.25. The summed E-state index contributed by atoms with van der Waals surface area (Å²) in [5.74, 6) is 0.964. The molecule has 0 saturated carbocycles. The van der Waals surface area contributed by atoms with Crippen LogP contribution in [-0.4, -0.2) is 23.7 Å². The molecular weight excluding hydrogens is 350 g/mol. The summed E-state index contributed by atoms with van der Waals surface area (Å²) in [5.41, 5.74) is 1.86. The minimum atomic E-state index is -0.0548. The maximum atomic E-state index is 12.3. The number of fused-ring (bicyclic) bond motifs is 1. The lowest BCUT2D eigenvalue weighted by molar-refractivity contribution is -0.121. The zero-order valence-electron chi connectivity index (χ0n) is 14.2. The second-order valence-electron chi connectivity index (χ2n) is 5.95. The Morgan fingerprint density at radius 1 is 1.12 bits per heavy atom. The first kappa shape index (κ1) is 18.1. The van der Waals surface area contributed by atoms with Gasteiger partial charge in [0.05, 0.1) is 6.04 Å². The van der Waals surface area contributed by atoms with E-state index in [0.29, 0.717) is 5.56 Å². The molecule has 0 saturated heterocycles. The molecule has 1 atom stereocenters. The van der Waals surface area contributed by atoms with E-state index in [9.17, 15) is 9.59 Å². The summed E-state index contributed by atoms with van der Waals surface area (Å²) >= 11 is 3.48. The van der Waals surface area contributed by atoms with Crippen LogP contribution in [-0.2, 0) is 4.79 Å². The fourth-order valence-corrected chi connectivity index (χ4v) is 4.44. The van der Waals surface area contributed by atoms with E-state index in [4.69, 9.17) is 0 Å². The molecule has 5 heteroatoms. The summed E-state index contributed by atoms with van der Waals surface area (Å²) < 4.78 is 0. The van der Waals surface area contributed by atoms with Crippen molar-refractivity contribution in [2.24, 2.45) is 0 Å². The van der Waals surface area contributed by atoms with Gasteiger partial charge in [0.1, 0.15) is 0 Å². The first-order valence-electron chi connectivity index (χ1n) is 8.35. The fraction of sp³-hybridized carbons (Fsp3) is 0.300. The fourth-order valence-electron chi connectivity index (χ4n) is 2.91. The van der Waals surface area contributed by atoms with Gasteiger partial charge in [0.25, 0.3) is 0 Å². The molecule has 1 heterocycles. The first-order valence-corrected chi connectivity index (χ1v) is 10.6. The van der Waals surface area contributed by atoms with Gasteiger partial charge in [-0.15, -0.1) is 23.5 Å². The molecule has 1 aliphatic heterocycles. The number of carbonyl (C=O) groups excluding carboxylic acids is 2. The molecule has 25 heavy (non-hydrogen) atoms. The average Bonchev–Trinajstić information content (AvgIpc) is 2.66. The number of carbonyl (C=O) groups is 2. The summed E-state index contributed by atoms with van der Waals surface area (Å²) in [6, 6.07) is 15.8. The highest BCUT2D eigenvalue weighted by Crippen LogP contribution is 2.35. The Labute approximate surface area is 157 Å². The third-order valence-corrected chi connectivity index (χ3v) is 6.15. The average molecular weight is 372 g/mol. The van der Waals surface area contributed by atoms with Gasteiger partial charge < -0.3 is 5.32 Å². The Morgan fingerprint density at radius 3 is 2.64 bits per heavy atom. The summed E-state index contributed by atoms with van der Waals surface area (Å²) in [4.78, 5) is 26.9. The van der Waals surface area contributed by atoms with Crippen molar-refractivity contribution in [2.45, 2.75) is 35.1 Å². The van der Waals surface area contributed by atoms with Crippen molar-refractivity contribution in [2.75, 3.05) is 12.0 Å². The largest absolute Gasteiger partial charge is 0.349 e. The van der Waals surface area contributed by atoms with E-state index in [1.807, 2.05) is 54.4 Å². The molecule has 1 aliphatic rings. The number of ketones is 1. The first-order chi connectivity index (χ1) is 12.2. The number of benzene rings is 2. The van der Waals surface area contributed by atoms with Crippen molar-refractivity contribution in [3.05, 3.63) is 59.7 Å². The second-order valence-corrected chi connectivity index (χ2v) is 7.96. The topological polar surface area (TPSA) is 46.2 Å². The van der Waals surface area contributed by atoms with E-state index < -0.39 is 0 Å². The van der Waals surface area contributed by atoms with Gasteiger partial charge in [0.15, 0.2) is 5.78 Å². The number of nitrogens with one attached hydrogen (secondary N) is 1. The van der Waals surface area contributed by atoms with Gasteiger partial charge in [-0.05, 0) is 36.4 Å². The van der Waals surface area contributed by atoms with Crippen LogP contribution in [0.2, 0.25) is 0 Å². The van der Waals surface area contributed by atoms with Crippen LogP contribution in [0.3, 0.4) is 0 Å². The molecule has 0 unspecified atom stereocenters. The van der Waals surface area contributed by atoms with E-state index in [-0.39, 0.29) is 30.6 Å². The Hall–Kier alpha value is -1.72. The van der Waals surface area contributed by atoms with Crippen LogP contribution in [0, 0.1) is 0 Å². The molecule has 130 valence electrons. The highest BCUT2D eigenvalue weighted by Gasteiger charge is 2.22. The maximum absolute atomic E-state index is 12.3. The molecule has 0 aromatic heterocycles. The number of amides is 1. The molecule has 3 rings (SSSR count). The Morgan fingerprint density at radius 2 is 1.88 bits per heavy atom. The zero-order valence-corrected chi connectivity index (χ0v) is 15.8. The van der Waals surface area contributed by atoms with E-state index in [1.165, 1.54) is 10.5 Å². The van der Waals surface area contributed by atoms with Gasteiger partial charge in [0.2, 0.25) is 5.91 Å². The Balaban J connectivity index is 1.54. The van der Waals surface area contributed by atoms with E-state index in [1.54, 1.807) is 11.8 Å². The smallest absolute Gasteiger partial charge is 0.220 e. The summed E-state index contributed by atoms with van der Waals surface area (Å²) in [7, 11) is 0. The van der Waals surface area contributed by atoms with E-state index >= 15 is 0 Å². The Kier molecular flexibility index (Phi) is 6.21. The van der Waals surface area contributed by atoms with Crippen LogP contribution < -0.4 is 5.32 Å². The van der Waals surface area contributed by atoms with E-state index in [0.717, 1.165) is 17.1 Å². The van der Waals surface area contributed by atoms with Gasteiger partial charge >= 0.3 is 0 Å². The predicted octanol–water partition coefficient (Wildman–Crippen LogP) is 4.72. The molecule has 1 amide bonds. The lowest BCUT2D eigenvalue weighted by atomic mass is 10.0. The van der Waals surface area contributed by atoms with Crippen LogP contribution in [0.5, 0.6) is 0 Å². The third-order valence-electron chi connectivity index (χ3n) is 4.28. The van der Waals surface area contributed by atoms with Crippen molar-refractivity contribution < 1.29 is 9.59 Å². The molecular formula is C20H21NO2S2. The van der Waals surface area contributed by atoms with Crippen LogP contribution >= 0.6 is 23.5 Å². The highest BCUT2D eigenvalue weighted by atomic mass is 32.2. The molecule has 0 bridgehead atoms. The van der Waals surface area contributed by atoms with Crippen molar-refractivity contribution in [3.8, 4) is 0 Å². The van der Waals surface area contributed by atoms with E-state index in [2.05, 4.69) is 17.4 Å². The minimum Gasteiger partial charge on any atom is -0.349 e. The minimum absolute atomic E-state index is 0.0161. The van der Waals surface area contributed by atoms with Crippen molar-refractivity contribution in [1.82, 2.24) is 5.32 Å². The predicted molar refractivity (Wildman–Crippen MR) is 104 cm³/mol. The number of hydrogen-bond donors (Lipinski definition) is 1. The third kappa shape index (κ3) is 4.67. The number of thioether (sulfide) groups is 2. The molecule has 0 spiro atoms. The molecule has 2 aromatic carbocycles. The van der Waals surface area contributed by atoms with Crippen molar-refractivity contribution in [1.29, 1.82) is 0 Å². The van der Waals surface area contributed by atoms with Gasteiger partial charge in [-0.2, -0.15) is 0 Å². The lowest BCUT2D eigenvalue weighted by Crippen LogP contribution is -2.30. The number of rotatable bonds is 6. The molecule has 0 fully saturated rings. The number of hydrogen-bond acceptors (Lipinski definition) is 4. The molecule has 2 aromatic rings. The van der Waals surface area contributed by atoms with Gasteiger partial charge in [-0.25, -0.2) is 0 Å². The second kappa shape index (κ2) is 8.59. The number of Topliss-reactive ketones (excluding diaryl/α,β-unsaturated/α-hetero) is 1. The van der Waals surface area contributed by atoms with Gasteiger partial charge in [0, 0.05) is 33.9 Å². The quantitative estimate of drug-likeness (QED) is 0.589. The SMILES string of the molecule is CSc1ccc(C(=O)CCC(=O)N[C@H]2CCSc3ccccc32)cc1. The summed E-state index contributed by atoms with van der Waals surface area (Å²) in [6.07, 6.45) is 3.41. The molecule has 3 nitrogen and oxygen atoms in total. The van der Waals surface area contributed by atoms with Crippen LogP contribution in [0.4, 0.5) is 0 Å². The normalized spacial score (nSPS) is 16.1. The van der Waals surface area contributed by atoms with Crippen LogP contribution in [0.15, 0.2) is 58.3 Å². The van der Waals surface area contributed by atoms with Gasteiger partial charge in [-0.1, -0.05) is 30.3 Å².